The van der Waals surface area contributed by atoms with E-state index in [1.807, 2.05) is 36.4 Å². The van der Waals surface area contributed by atoms with Crippen LogP contribution in [0.1, 0.15) is 16.7 Å². The zero-order valence-corrected chi connectivity index (χ0v) is 22.3. The fourth-order valence-electron chi connectivity index (χ4n) is 5.21. The standard InChI is InChI=1S/C31H34N4O3/c1-34(17-15-22-13-14-27(37-2)28(19-22)38-3)21-29(36)33-30-24-11-7-8-12-26(24)32-31-25(30)16-18-35(31)20-23-9-5-4-6-10-23/h4-14,19H,15-18,20-21H2,1-3H3,(H,32,33,36)/p+2. The molecule has 7 nitrogen and oxygen atoms in total. The van der Waals surface area contributed by atoms with Crippen LogP contribution in [0.25, 0.3) is 10.9 Å². The predicted octanol–water partition coefficient (Wildman–Crippen LogP) is 2.93. The molecule has 196 valence electrons. The molecule has 1 aliphatic heterocycles. The predicted molar refractivity (Wildman–Crippen MR) is 150 cm³/mol. The lowest BCUT2D eigenvalue weighted by Crippen LogP contribution is -3.10. The van der Waals surface area contributed by atoms with Crippen molar-refractivity contribution in [2.75, 3.05) is 51.1 Å². The number of methoxy groups -OCH3 is 2. The van der Waals surface area contributed by atoms with Gasteiger partial charge < -0.3 is 19.7 Å². The summed E-state index contributed by atoms with van der Waals surface area (Å²) in [6, 6.07) is 24.7. The van der Waals surface area contributed by atoms with Crippen molar-refractivity contribution in [3.8, 4) is 11.5 Å². The van der Waals surface area contributed by atoms with E-state index in [0.717, 1.165) is 76.8 Å². The van der Waals surface area contributed by atoms with E-state index in [4.69, 9.17) is 9.47 Å². The molecule has 0 saturated carbocycles. The number of nitrogens with one attached hydrogen (secondary N) is 3. The summed E-state index contributed by atoms with van der Waals surface area (Å²) in [6.45, 7) is 2.97. The Kier molecular flexibility index (Phi) is 7.75. The largest absolute Gasteiger partial charge is 0.493 e. The number of rotatable bonds is 10. The number of para-hydroxylation sites is 1. The van der Waals surface area contributed by atoms with Crippen LogP contribution in [0.3, 0.4) is 0 Å². The number of hydrogen-bond donors (Lipinski definition) is 2. The van der Waals surface area contributed by atoms with Crippen LogP contribution < -0.4 is 29.6 Å². The number of aromatic nitrogens is 1. The summed E-state index contributed by atoms with van der Waals surface area (Å²) in [5.74, 6) is 2.56. The molecule has 0 spiro atoms. The average molecular weight is 513 g/mol. The molecule has 0 aliphatic carbocycles. The van der Waals surface area contributed by atoms with Gasteiger partial charge in [-0.25, -0.2) is 4.98 Å². The highest BCUT2D eigenvalue weighted by Crippen LogP contribution is 2.35. The van der Waals surface area contributed by atoms with Crippen molar-refractivity contribution in [2.24, 2.45) is 0 Å². The summed E-state index contributed by atoms with van der Waals surface area (Å²) in [4.78, 5) is 20.4. The van der Waals surface area contributed by atoms with Crippen LogP contribution in [0.4, 0.5) is 11.5 Å². The highest BCUT2D eigenvalue weighted by Gasteiger charge is 2.32. The van der Waals surface area contributed by atoms with E-state index in [-0.39, 0.29) is 5.91 Å². The van der Waals surface area contributed by atoms with Crippen LogP contribution in [0.5, 0.6) is 11.5 Å². The first-order valence-electron chi connectivity index (χ1n) is 13.1. The number of H-pyrrole nitrogens is 1. The second-order valence-electron chi connectivity index (χ2n) is 9.90. The lowest BCUT2D eigenvalue weighted by atomic mass is 10.1. The molecule has 0 radical (unpaired) electrons. The van der Waals surface area contributed by atoms with E-state index in [0.29, 0.717) is 6.54 Å². The Morgan fingerprint density at radius 3 is 2.53 bits per heavy atom. The SMILES string of the molecule is COc1ccc(CC[NH+](C)CC(=O)Nc2c3c([nH+]c4ccccc24)N(Cc2ccccc2)CC3)cc1OC. The Morgan fingerprint density at radius 2 is 1.74 bits per heavy atom. The molecule has 2 heterocycles. The van der Waals surface area contributed by atoms with Crippen molar-refractivity contribution < 1.29 is 24.2 Å². The van der Waals surface area contributed by atoms with Crippen LogP contribution in [0.2, 0.25) is 0 Å². The molecule has 1 amide bonds. The second kappa shape index (κ2) is 11.5. The van der Waals surface area contributed by atoms with Crippen LogP contribution >= 0.6 is 0 Å². The lowest BCUT2D eigenvalue weighted by Gasteiger charge is -2.17. The first-order chi connectivity index (χ1) is 18.6. The zero-order valence-electron chi connectivity index (χ0n) is 22.3. The van der Waals surface area contributed by atoms with Gasteiger partial charge >= 0.3 is 0 Å². The van der Waals surface area contributed by atoms with Gasteiger partial charge in [0.15, 0.2) is 18.0 Å². The maximum Gasteiger partial charge on any atom is 0.280 e. The van der Waals surface area contributed by atoms with Gasteiger partial charge in [-0.2, -0.15) is 0 Å². The Morgan fingerprint density at radius 1 is 0.974 bits per heavy atom. The van der Waals surface area contributed by atoms with E-state index in [1.165, 1.54) is 11.1 Å². The minimum Gasteiger partial charge on any atom is -0.493 e. The molecule has 1 unspecified atom stereocenters. The molecule has 3 N–H and O–H groups in total. The summed E-state index contributed by atoms with van der Waals surface area (Å²) in [7, 11) is 5.34. The topological polar surface area (TPSA) is 69.4 Å². The number of ether oxygens (including phenoxy) is 2. The van der Waals surface area contributed by atoms with Gasteiger partial charge in [-0.05, 0) is 35.4 Å². The highest BCUT2D eigenvalue weighted by atomic mass is 16.5. The van der Waals surface area contributed by atoms with Gasteiger partial charge in [-0.1, -0.05) is 48.5 Å². The van der Waals surface area contributed by atoms with Crippen molar-refractivity contribution in [3.05, 3.63) is 89.5 Å². The third-order valence-corrected chi connectivity index (χ3v) is 7.22. The normalized spacial score (nSPS) is 13.3. The molecule has 1 atom stereocenters. The number of hydrogen-bond acceptors (Lipinski definition) is 4. The zero-order chi connectivity index (χ0) is 26.5. The number of benzene rings is 3. The molecule has 3 aromatic carbocycles. The summed E-state index contributed by atoms with van der Waals surface area (Å²) in [5, 5.41) is 4.33. The number of fused-ring (bicyclic) bond motifs is 2. The van der Waals surface area contributed by atoms with Crippen molar-refractivity contribution in [1.82, 2.24) is 0 Å². The third kappa shape index (κ3) is 5.58. The van der Waals surface area contributed by atoms with Gasteiger partial charge in [0.05, 0.1) is 45.6 Å². The average Bonchev–Trinajstić information content (AvgIpc) is 3.34. The number of nitrogens with zero attached hydrogens (tertiary/aromatic N) is 1. The number of aromatic amines is 1. The van der Waals surface area contributed by atoms with Gasteiger partial charge in [0, 0.05) is 18.2 Å². The molecule has 4 aromatic rings. The van der Waals surface area contributed by atoms with Crippen LogP contribution in [-0.2, 0) is 24.2 Å². The van der Waals surface area contributed by atoms with Gasteiger partial charge in [0.2, 0.25) is 0 Å². The Bertz CT molecular complexity index is 1420. The maximum absolute atomic E-state index is 13.2. The number of pyridine rings is 1. The molecular weight excluding hydrogens is 476 g/mol. The van der Waals surface area contributed by atoms with E-state index in [9.17, 15) is 4.79 Å². The summed E-state index contributed by atoms with van der Waals surface area (Å²) in [6.07, 6.45) is 1.73. The van der Waals surface area contributed by atoms with Crippen LogP contribution in [0.15, 0.2) is 72.8 Å². The number of carbonyl (C=O) groups is 1. The smallest absolute Gasteiger partial charge is 0.280 e. The van der Waals surface area contributed by atoms with Crippen LogP contribution in [0, 0.1) is 0 Å². The third-order valence-electron chi connectivity index (χ3n) is 7.22. The first kappa shape index (κ1) is 25.5. The number of likely N-dealkylation sites (N-methyl/N-ethyl adjacent to an activating group) is 1. The number of carbonyl (C=O) groups excluding carboxylic acids is 1. The van der Waals surface area contributed by atoms with Crippen molar-refractivity contribution in [3.63, 3.8) is 0 Å². The fraction of sp³-hybridized carbons (Fsp3) is 0.290. The van der Waals surface area contributed by atoms with E-state index >= 15 is 0 Å². The minimum atomic E-state index is 0.0230. The van der Waals surface area contributed by atoms with E-state index < -0.39 is 0 Å². The number of quaternary nitrogens is 1. The number of amides is 1. The Balaban J connectivity index is 1.29. The number of anilines is 2. The lowest BCUT2D eigenvalue weighted by molar-refractivity contribution is -0.870. The minimum absolute atomic E-state index is 0.0230. The van der Waals surface area contributed by atoms with Crippen LogP contribution in [-0.4, -0.2) is 46.8 Å². The highest BCUT2D eigenvalue weighted by molar-refractivity contribution is 6.03. The molecule has 1 aliphatic rings. The molecule has 5 rings (SSSR count). The van der Waals surface area contributed by atoms with E-state index in [2.05, 4.69) is 58.6 Å². The van der Waals surface area contributed by atoms with Crippen molar-refractivity contribution in [1.29, 1.82) is 0 Å². The molecule has 7 heteroatoms. The summed E-state index contributed by atoms with van der Waals surface area (Å²) < 4.78 is 10.8. The monoisotopic (exact) mass is 512 g/mol. The van der Waals surface area contributed by atoms with Gasteiger partial charge in [-0.15, -0.1) is 0 Å². The summed E-state index contributed by atoms with van der Waals surface area (Å²) in [5.41, 5.74) is 5.56. The fourth-order valence-corrected chi connectivity index (χ4v) is 5.21. The Labute approximate surface area is 224 Å². The van der Waals surface area contributed by atoms with Gasteiger partial charge in [0.25, 0.3) is 11.7 Å². The molecule has 1 aromatic heterocycles. The van der Waals surface area contributed by atoms with Crippen molar-refractivity contribution >= 4 is 28.3 Å². The maximum atomic E-state index is 13.2. The first-order valence-corrected chi connectivity index (χ1v) is 13.1. The van der Waals surface area contributed by atoms with E-state index in [1.54, 1.807) is 14.2 Å². The summed E-state index contributed by atoms with van der Waals surface area (Å²) >= 11 is 0. The quantitative estimate of drug-likeness (QED) is 0.343. The van der Waals surface area contributed by atoms with Gasteiger partial charge in [0.1, 0.15) is 12.1 Å². The molecular formula is C31H36N4O3+2. The Hall–Kier alpha value is -4.10. The molecule has 0 bridgehead atoms. The van der Waals surface area contributed by atoms with Crippen molar-refractivity contribution in [2.45, 2.75) is 19.4 Å². The molecule has 0 fully saturated rings. The molecule has 0 saturated heterocycles. The van der Waals surface area contributed by atoms with Gasteiger partial charge in [-0.3, -0.25) is 9.69 Å². The second-order valence-corrected chi connectivity index (χ2v) is 9.90. The molecule has 38 heavy (non-hydrogen) atoms.